The normalized spacial score (nSPS) is 12.4. The Bertz CT molecular complexity index is 602. The first kappa shape index (κ1) is 14.7. The minimum atomic E-state index is -0.181. The second-order valence-corrected chi connectivity index (χ2v) is 5.56. The maximum Gasteiger partial charge on any atom is 0.271 e. The summed E-state index contributed by atoms with van der Waals surface area (Å²) in [6, 6.07) is -0.147. The van der Waals surface area contributed by atoms with Crippen LogP contribution in [-0.2, 0) is 20.0 Å². The SMILES string of the molecule is CCc1nn(C)cc1CNC(=O)c1csc(C(C)N)n1. The number of aryl methyl sites for hydroxylation is 2. The zero-order valence-corrected chi connectivity index (χ0v) is 12.7. The quantitative estimate of drug-likeness (QED) is 0.872. The van der Waals surface area contributed by atoms with Gasteiger partial charge in [-0.15, -0.1) is 11.3 Å². The van der Waals surface area contributed by atoms with Crippen molar-refractivity contribution in [2.24, 2.45) is 12.8 Å². The van der Waals surface area contributed by atoms with Crippen molar-refractivity contribution in [3.8, 4) is 0 Å². The third-order valence-corrected chi connectivity index (χ3v) is 3.96. The number of hydrogen-bond donors (Lipinski definition) is 2. The molecular weight excluding hydrogens is 274 g/mol. The van der Waals surface area contributed by atoms with Gasteiger partial charge >= 0.3 is 0 Å². The van der Waals surface area contributed by atoms with E-state index in [1.165, 1.54) is 11.3 Å². The molecule has 0 saturated carbocycles. The maximum absolute atomic E-state index is 12.0. The van der Waals surface area contributed by atoms with E-state index >= 15 is 0 Å². The Morgan fingerprint density at radius 1 is 1.60 bits per heavy atom. The van der Waals surface area contributed by atoms with Crippen molar-refractivity contribution in [1.29, 1.82) is 0 Å². The van der Waals surface area contributed by atoms with Crippen LogP contribution >= 0.6 is 11.3 Å². The number of nitrogens with zero attached hydrogens (tertiary/aromatic N) is 3. The molecule has 0 aliphatic rings. The molecule has 1 atom stereocenters. The van der Waals surface area contributed by atoms with Crippen LogP contribution in [0.2, 0.25) is 0 Å². The molecule has 0 aliphatic carbocycles. The summed E-state index contributed by atoms with van der Waals surface area (Å²) < 4.78 is 1.76. The molecule has 2 rings (SSSR count). The van der Waals surface area contributed by atoms with Crippen LogP contribution < -0.4 is 11.1 Å². The molecule has 2 aromatic rings. The van der Waals surface area contributed by atoms with Gasteiger partial charge in [-0.3, -0.25) is 9.48 Å². The van der Waals surface area contributed by atoms with Crippen molar-refractivity contribution in [2.45, 2.75) is 32.9 Å². The van der Waals surface area contributed by atoms with Crippen molar-refractivity contribution in [3.05, 3.63) is 33.5 Å². The lowest BCUT2D eigenvalue weighted by Crippen LogP contribution is -2.23. The summed E-state index contributed by atoms with van der Waals surface area (Å²) >= 11 is 1.41. The van der Waals surface area contributed by atoms with Gasteiger partial charge in [-0.05, 0) is 13.3 Å². The third kappa shape index (κ3) is 3.23. The van der Waals surface area contributed by atoms with E-state index < -0.39 is 0 Å². The van der Waals surface area contributed by atoms with Gasteiger partial charge in [-0.25, -0.2) is 4.98 Å². The first-order chi connectivity index (χ1) is 9.51. The third-order valence-electron chi connectivity index (χ3n) is 2.91. The molecule has 2 heterocycles. The highest BCUT2D eigenvalue weighted by Gasteiger charge is 2.13. The van der Waals surface area contributed by atoms with E-state index in [4.69, 9.17) is 5.73 Å². The van der Waals surface area contributed by atoms with Gasteiger partial charge in [0.2, 0.25) is 0 Å². The molecule has 0 fully saturated rings. The second kappa shape index (κ2) is 6.15. The number of aromatic nitrogens is 3. The highest BCUT2D eigenvalue weighted by Crippen LogP contribution is 2.16. The average Bonchev–Trinajstić information content (AvgIpc) is 3.02. The van der Waals surface area contributed by atoms with Crippen LogP contribution in [0.15, 0.2) is 11.6 Å². The molecule has 0 bridgehead atoms. The van der Waals surface area contributed by atoms with E-state index in [0.717, 1.165) is 22.7 Å². The number of carbonyl (C=O) groups excluding carboxylic acids is 1. The summed E-state index contributed by atoms with van der Waals surface area (Å²) in [6.45, 7) is 4.35. The fourth-order valence-electron chi connectivity index (χ4n) is 1.90. The molecule has 3 N–H and O–H groups in total. The van der Waals surface area contributed by atoms with Gasteiger partial charge < -0.3 is 11.1 Å². The first-order valence-electron chi connectivity index (χ1n) is 6.51. The lowest BCUT2D eigenvalue weighted by molar-refractivity contribution is 0.0946. The van der Waals surface area contributed by atoms with Crippen LogP contribution in [0.4, 0.5) is 0 Å². The van der Waals surface area contributed by atoms with Crippen molar-refractivity contribution < 1.29 is 4.79 Å². The molecule has 108 valence electrons. The average molecular weight is 293 g/mol. The minimum Gasteiger partial charge on any atom is -0.346 e. The number of nitrogens with one attached hydrogen (secondary N) is 1. The highest BCUT2D eigenvalue weighted by molar-refractivity contribution is 7.09. The summed E-state index contributed by atoms with van der Waals surface area (Å²) in [5.41, 5.74) is 8.19. The van der Waals surface area contributed by atoms with Gasteiger partial charge in [-0.2, -0.15) is 5.10 Å². The highest BCUT2D eigenvalue weighted by atomic mass is 32.1. The Kier molecular flexibility index (Phi) is 4.51. The smallest absolute Gasteiger partial charge is 0.271 e. The molecule has 0 radical (unpaired) electrons. The number of thiazole rings is 1. The van der Waals surface area contributed by atoms with E-state index in [1.54, 1.807) is 10.1 Å². The van der Waals surface area contributed by atoms with Crippen LogP contribution in [0.5, 0.6) is 0 Å². The summed E-state index contributed by atoms with van der Waals surface area (Å²) in [5.74, 6) is -0.181. The van der Waals surface area contributed by atoms with Crippen LogP contribution in [0.25, 0.3) is 0 Å². The fraction of sp³-hybridized carbons (Fsp3) is 0.462. The summed E-state index contributed by atoms with van der Waals surface area (Å²) in [6.07, 6.45) is 2.77. The Labute approximate surface area is 122 Å². The minimum absolute atomic E-state index is 0.147. The Morgan fingerprint density at radius 2 is 2.35 bits per heavy atom. The molecule has 0 spiro atoms. The number of amides is 1. The van der Waals surface area contributed by atoms with Crippen molar-refractivity contribution >= 4 is 17.2 Å². The fourth-order valence-corrected chi connectivity index (χ4v) is 2.65. The monoisotopic (exact) mass is 293 g/mol. The number of nitrogens with two attached hydrogens (primary N) is 1. The molecule has 2 aromatic heterocycles. The molecule has 0 saturated heterocycles. The molecule has 0 aromatic carbocycles. The first-order valence-corrected chi connectivity index (χ1v) is 7.39. The number of carbonyl (C=O) groups is 1. The largest absolute Gasteiger partial charge is 0.346 e. The molecule has 1 amide bonds. The number of rotatable bonds is 5. The van der Waals surface area contributed by atoms with Gasteiger partial charge in [0, 0.05) is 30.7 Å². The van der Waals surface area contributed by atoms with Gasteiger partial charge in [0.15, 0.2) is 0 Å². The van der Waals surface area contributed by atoms with E-state index in [0.29, 0.717) is 12.2 Å². The molecule has 1 unspecified atom stereocenters. The van der Waals surface area contributed by atoms with Crippen LogP contribution in [-0.4, -0.2) is 20.7 Å². The van der Waals surface area contributed by atoms with E-state index in [-0.39, 0.29) is 11.9 Å². The molecule has 20 heavy (non-hydrogen) atoms. The van der Waals surface area contributed by atoms with E-state index in [9.17, 15) is 4.79 Å². The van der Waals surface area contributed by atoms with Crippen molar-refractivity contribution in [3.63, 3.8) is 0 Å². The molecular formula is C13H19N5OS. The molecule has 7 heteroatoms. The summed E-state index contributed by atoms with van der Waals surface area (Å²) in [4.78, 5) is 16.3. The van der Waals surface area contributed by atoms with Gasteiger partial charge in [0.05, 0.1) is 11.7 Å². The second-order valence-electron chi connectivity index (χ2n) is 4.67. The van der Waals surface area contributed by atoms with Crippen LogP contribution in [0.1, 0.15) is 46.6 Å². The van der Waals surface area contributed by atoms with Gasteiger partial charge in [0.1, 0.15) is 10.7 Å². The zero-order chi connectivity index (χ0) is 14.7. The van der Waals surface area contributed by atoms with Crippen molar-refractivity contribution in [1.82, 2.24) is 20.1 Å². The Morgan fingerprint density at radius 3 is 2.95 bits per heavy atom. The van der Waals surface area contributed by atoms with Crippen LogP contribution in [0, 0.1) is 0 Å². The van der Waals surface area contributed by atoms with Crippen LogP contribution in [0.3, 0.4) is 0 Å². The van der Waals surface area contributed by atoms with Gasteiger partial charge in [-0.1, -0.05) is 6.92 Å². The lowest BCUT2D eigenvalue weighted by Gasteiger charge is -2.03. The van der Waals surface area contributed by atoms with E-state index in [2.05, 4.69) is 15.4 Å². The number of hydrogen-bond acceptors (Lipinski definition) is 5. The van der Waals surface area contributed by atoms with E-state index in [1.807, 2.05) is 27.1 Å². The summed E-state index contributed by atoms with van der Waals surface area (Å²) in [5, 5.41) is 9.71. The topological polar surface area (TPSA) is 85.8 Å². The maximum atomic E-state index is 12.0. The zero-order valence-electron chi connectivity index (χ0n) is 11.9. The molecule has 6 nitrogen and oxygen atoms in total. The standard InChI is InChI=1S/C13H19N5OS/c1-4-10-9(6-18(3)17-10)5-15-12(19)11-7-20-13(16-11)8(2)14/h6-8H,4-5,14H2,1-3H3,(H,15,19). The Hall–Kier alpha value is -1.73. The predicted molar refractivity (Wildman–Crippen MR) is 78.5 cm³/mol. The van der Waals surface area contributed by atoms with Gasteiger partial charge in [0.25, 0.3) is 5.91 Å². The lowest BCUT2D eigenvalue weighted by atomic mass is 10.2. The summed E-state index contributed by atoms with van der Waals surface area (Å²) in [7, 11) is 1.87. The Balaban J connectivity index is 2.00. The molecule has 0 aliphatic heterocycles. The predicted octanol–water partition coefficient (Wildman–Crippen LogP) is 1.39. The van der Waals surface area contributed by atoms with Crippen molar-refractivity contribution in [2.75, 3.05) is 0 Å².